The molecule has 0 aromatic heterocycles. The van der Waals surface area contributed by atoms with Gasteiger partial charge < -0.3 is 9.64 Å². The van der Waals surface area contributed by atoms with Gasteiger partial charge in [0.1, 0.15) is 5.75 Å². The minimum absolute atomic E-state index is 0.110. The Morgan fingerprint density at radius 1 is 1.11 bits per heavy atom. The van der Waals surface area contributed by atoms with Gasteiger partial charge in [-0.1, -0.05) is 44.2 Å². The van der Waals surface area contributed by atoms with Crippen LogP contribution in [0.4, 0.5) is 0 Å². The highest BCUT2D eigenvalue weighted by Crippen LogP contribution is 2.39. The van der Waals surface area contributed by atoms with Crippen LogP contribution in [0.2, 0.25) is 0 Å². The van der Waals surface area contributed by atoms with E-state index in [4.69, 9.17) is 4.74 Å². The summed E-state index contributed by atoms with van der Waals surface area (Å²) in [5, 5.41) is 2.32. The first-order valence-electron chi connectivity index (χ1n) is 10.2. The molecular formula is C23H30N2O2. The standard InChI is InChI=1S/C23H30N2O2/c1-18(2)15-25-13-11-23(25)10-5-12-24(17-23)22(26)16-27-21-9-8-19-6-3-4-7-20(19)14-21/h3-4,6-9,14,18H,5,10-13,15-17H2,1-2H3. The van der Waals surface area contributed by atoms with Crippen LogP contribution >= 0.6 is 0 Å². The van der Waals surface area contributed by atoms with Crippen LogP contribution in [0.25, 0.3) is 10.8 Å². The molecule has 0 bridgehead atoms. The number of benzene rings is 2. The van der Waals surface area contributed by atoms with E-state index in [2.05, 4.69) is 30.9 Å². The molecule has 2 aliphatic heterocycles. The highest BCUT2D eigenvalue weighted by Gasteiger charge is 2.47. The summed E-state index contributed by atoms with van der Waals surface area (Å²) in [5.74, 6) is 1.54. The van der Waals surface area contributed by atoms with E-state index < -0.39 is 0 Å². The Morgan fingerprint density at radius 3 is 2.67 bits per heavy atom. The van der Waals surface area contributed by atoms with Crippen LogP contribution in [-0.4, -0.2) is 54.0 Å². The van der Waals surface area contributed by atoms with Crippen molar-refractivity contribution in [2.45, 2.75) is 38.6 Å². The Balaban J connectivity index is 1.36. The molecule has 144 valence electrons. The highest BCUT2D eigenvalue weighted by atomic mass is 16.5. The topological polar surface area (TPSA) is 32.8 Å². The number of piperidine rings is 1. The van der Waals surface area contributed by atoms with Crippen molar-refractivity contribution in [2.24, 2.45) is 5.92 Å². The monoisotopic (exact) mass is 366 g/mol. The molecule has 2 heterocycles. The highest BCUT2D eigenvalue weighted by molar-refractivity contribution is 5.84. The van der Waals surface area contributed by atoms with Crippen molar-refractivity contribution in [1.29, 1.82) is 0 Å². The first-order valence-corrected chi connectivity index (χ1v) is 10.2. The molecule has 4 rings (SSSR count). The number of fused-ring (bicyclic) bond motifs is 1. The van der Waals surface area contributed by atoms with E-state index in [0.717, 1.165) is 37.2 Å². The zero-order valence-corrected chi connectivity index (χ0v) is 16.5. The Labute approximate surface area is 162 Å². The number of ether oxygens (including phenoxy) is 1. The fourth-order valence-corrected chi connectivity index (χ4v) is 4.59. The van der Waals surface area contributed by atoms with Gasteiger partial charge in [-0.2, -0.15) is 0 Å². The summed E-state index contributed by atoms with van der Waals surface area (Å²) in [5.41, 5.74) is 0.223. The van der Waals surface area contributed by atoms with Gasteiger partial charge in [-0.15, -0.1) is 0 Å². The lowest BCUT2D eigenvalue weighted by molar-refractivity contribution is -0.142. The SMILES string of the molecule is CC(C)CN1CCC12CCCN(C(=O)COc1ccc3ccccc3c1)C2. The number of rotatable bonds is 5. The van der Waals surface area contributed by atoms with Gasteiger partial charge in [0.2, 0.25) is 0 Å². The number of carbonyl (C=O) groups excluding carboxylic acids is 1. The minimum atomic E-state index is 0.110. The smallest absolute Gasteiger partial charge is 0.260 e. The fraction of sp³-hybridized carbons (Fsp3) is 0.522. The van der Waals surface area contributed by atoms with Crippen molar-refractivity contribution >= 4 is 16.7 Å². The Kier molecular flexibility index (Phi) is 5.09. The van der Waals surface area contributed by atoms with E-state index in [-0.39, 0.29) is 18.1 Å². The minimum Gasteiger partial charge on any atom is -0.484 e. The molecule has 0 aliphatic carbocycles. The van der Waals surface area contributed by atoms with Gasteiger partial charge in [0.05, 0.1) is 0 Å². The lowest BCUT2D eigenvalue weighted by atomic mass is 9.77. The molecule has 2 fully saturated rings. The second-order valence-electron chi connectivity index (χ2n) is 8.53. The number of amides is 1. The Hall–Kier alpha value is -2.07. The molecule has 1 amide bonds. The van der Waals surface area contributed by atoms with Crippen LogP contribution in [0.5, 0.6) is 5.75 Å². The predicted molar refractivity (Wildman–Crippen MR) is 109 cm³/mol. The van der Waals surface area contributed by atoms with Gasteiger partial charge in [-0.3, -0.25) is 9.69 Å². The largest absolute Gasteiger partial charge is 0.484 e. The molecule has 27 heavy (non-hydrogen) atoms. The molecular weight excluding hydrogens is 336 g/mol. The molecule has 1 spiro atoms. The third-order valence-electron chi connectivity index (χ3n) is 6.09. The number of carbonyl (C=O) groups is 1. The van der Waals surface area contributed by atoms with Crippen molar-refractivity contribution in [3.63, 3.8) is 0 Å². The van der Waals surface area contributed by atoms with Crippen molar-refractivity contribution in [2.75, 3.05) is 32.8 Å². The molecule has 2 saturated heterocycles. The predicted octanol–water partition coefficient (Wildman–Crippen LogP) is 3.94. The van der Waals surface area contributed by atoms with Gasteiger partial charge in [-0.25, -0.2) is 0 Å². The summed E-state index contributed by atoms with van der Waals surface area (Å²) < 4.78 is 5.84. The summed E-state index contributed by atoms with van der Waals surface area (Å²) in [6.45, 7) is 8.70. The first-order chi connectivity index (χ1) is 13.1. The summed E-state index contributed by atoms with van der Waals surface area (Å²) in [4.78, 5) is 17.4. The maximum atomic E-state index is 12.8. The molecule has 2 aromatic rings. The maximum Gasteiger partial charge on any atom is 0.260 e. The number of hydrogen-bond donors (Lipinski definition) is 0. The van der Waals surface area contributed by atoms with E-state index in [1.165, 1.54) is 24.8 Å². The summed E-state index contributed by atoms with van der Waals surface area (Å²) in [7, 11) is 0. The van der Waals surface area contributed by atoms with Gasteiger partial charge >= 0.3 is 0 Å². The number of nitrogens with zero attached hydrogens (tertiary/aromatic N) is 2. The van der Waals surface area contributed by atoms with E-state index >= 15 is 0 Å². The molecule has 4 nitrogen and oxygen atoms in total. The van der Waals surface area contributed by atoms with Gasteiger partial charge in [0.25, 0.3) is 5.91 Å². The van der Waals surface area contributed by atoms with Gasteiger partial charge in [0.15, 0.2) is 6.61 Å². The van der Waals surface area contributed by atoms with E-state index in [9.17, 15) is 4.79 Å². The number of likely N-dealkylation sites (tertiary alicyclic amines) is 2. The van der Waals surface area contributed by atoms with Crippen molar-refractivity contribution in [3.05, 3.63) is 42.5 Å². The maximum absolute atomic E-state index is 12.8. The van der Waals surface area contributed by atoms with Crippen LogP contribution < -0.4 is 4.74 Å². The third-order valence-corrected chi connectivity index (χ3v) is 6.09. The zero-order valence-electron chi connectivity index (χ0n) is 16.5. The van der Waals surface area contributed by atoms with E-state index in [1.54, 1.807) is 0 Å². The van der Waals surface area contributed by atoms with Crippen molar-refractivity contribution in [1.82, 2.24) is 9.80 Å². The van der Waals surface area contributed by atoms with E-state index in [1.807, 2.05) is 35.2 Å². The summed E-state index contributed by atoms with van der Waals surface area (Å²) in [6, 6.07) is 14.2. The molecule has 4 heteroatoms. The third kappa shape index (κ3) is 3.81. The van der Waals surface area contributed by atoms with Gasteiger partial charge in [0, 0.05) is 31.7 Å². The molecule has 0 saturated carbocycles. The molecule has 1 atom stereocenters. The molecule has 2 aromatic carbocycles. The van der Waals surface area contributed by atoms with Crippen molar-refractivity contribution < 1.29 is 9.53 Å². The second kappa shape index (κ2) is 7.51. The molecule has 0 radical (unpaired) electrons. The summed E-state index contributed by atoms with van der Waals surface area (Å²) >= 11 is 0. The van der Waals surface area contributed by atoms with Crippen LogP contribution in [0.1, 0.15) is 33.1 Å². The lowest BCUT2D eigenvalue weighted by Gasteiger charge is -2.57. The first kappa shape index (κ1) is 18.3. The number of hydrogen-bond acceptors (Lipinski definition) is 3. The zero-order chi connectivity index (χ0) is 18.9. The summed E-state index contributed by atoms with van der Waals surface area (Å²) in [6.07, 6.45) is 3.53. The fourth-order valence-electron chi connectivity index (χ4n) is 4.59. The van der Waals surface area contributed by atoms with Crippen LogP contribution in [0.3, 0.4) is 0 Å². The molecule has 2 aliphatic rings. The van der Waals surface area contributed by atoms with Crippen LogP contribution in [0, 0.1) is 5.92 Å². The Morgan fingerprint density at radius 2 is 1.93 bits per heavy atom. The normalized spacial score (nSPS) is 23.0. The Bertz CT molecular complexity index is 819. The quantitative estimate of drug-likeness (QED) is 0.803. The van der Waals surface area contributed by atoms with E-state index in [0.29, 0.717) is 5.92 Å². The molecule has 1 unspecified atom stereocenters. The van der Waals surface area contributed by atoms with Crippen molar-refractivity contribution in [3.8, 4) is 5.75 Å². The lowest BCUT2D eigenvalue weighted by Crippen LogP contribution is -2.68. The van der Waals surface area contributed by atoms with Crippen LogP contribution in [-0.2, 0) is 4.79 Å². The van der Waals surface area contributed by atoms with Gasteiger partial charge in [-0.05, 0) is 48.1 Å². The molecule has 0 N–H and O–H groups in total. The average Bonchev–Trinajstić information content (AvgIpc) is 2.69. The average molecular weight is 367 g/mol. The van der Waals surface area contributed by atoms with Crippen LogP contribution in [0.15, 0.2) is 42.5 Å². The second-order valence-corrected chi connectivity index (χ2v) is 8.53.